The molecule has 0 aliphatic carbocycles. The van der Waals surface area contributed by atoms with Crippen LogP contribution in [0.3, 0.4) is 0 Å². The first kappa shape index (κ1) is 22.7. The number of nitrogens with one attached hydrogen (secondary N) is 2. The fourth-order valence-electron chi connectivity index (χ4n) is 4.29. The van der Waals surface area contributed by atoms with Gasteiger partial charge in [0.05, 0.1) is 0 Å². The second-order valence-corrected chi connectivity index (χ2v) is 8.50. The third-order valence-corrected chi connectivity index (χ3v) is 6.02. The van der Waals surface area contributed by atoms with E-state index < -0.39 is 6.04 Å². The number of aryl methyl sites for hydroxylation is 3. The third kappa shape index (κ3) is 4.96. The van der Waals surface area contributed by atoms with Gasteiger partial charge in [-0.3, -0.25) is 14.2 Å². The second-order valence-electron chi connectivity index (χ2n) is 8.50. The van der Waals surface area contributed by atoms with Crippen molar-refractivity contribution in [1.82, 2.24) is 14.9 Å². The number of benzene rings is 2. The van der Waals surface area contributed by atoms with Crippen molar-refractivity contribution in [2.75, 3.05) is 5.32 Å². The highest BCUT2D eigenvalue weighted by Crippen LogP contribution is 2.24. The molecule has 8 heteroatoms. The number of fused-ring (bicyclic) bond motifs is 1. The fourth-order valence-corrected chi connectivity index (χ4v) is 4.29. The summed E-state index contributed by atoms with van der Waals surface area (Å²) in [4.78, 5) is 30.3. The summed E-state index contributed by atoms with van der Waals surface area (Å²) >= 11 is 0. The number of rotatable bonds is 7. The first-order chi connectivity index (χ1) is 15.9. The number of hydrogen-bond donors (Lipinski definition) is 3. The van der Waals surface area contributed by atoms with Crippen LogP contribution in [0.1, 0.15) is 46.0 Å². The van der Waals surface area contributed by atoms with Gasteiger partial charge in [-0.15, -0.1) is 0 Å². The maximum Gasteiger partial charge on any atom is 0.294 e. The molecular weight excluding hydrogens is 421 g/mol. The Hall–Kier alpha value is -3.52. The van der Waals surface area contributed by atoms with Crippen molar-refractivity contribution in [3.8, 4) is 0 Å². The minimum Gasteiger partial charge on any atom is -0.361 e. The van der Waals surface area contributed by atoms with E-state index in [1.165, 1.54) is 16.7 Å². The van der Waals surface area contributed by atoms with Crippen LogP contribution < -0.4 is 21.9 Å². The molecule has 0 bridgehead atoms. The van der Waals surface area contributed by atoms with Gasteiger partial charge in [-0.05, 0) is 66.6 Å². The Morgan fingerprint density at radius 2 is 2.00 bits per heavy atom. The average molecular weight is 450 g/mol. The number of halogens is 1. The lowest BCUT2D eigenvalue weighted by Crippen LogP contribution is -2.36. The maximum absolute atomic E-state index is 13.7. The molecule has 4 N–H and O–H groups in total. The molecular formula is C25H28FN5O2. The highest BCUT2D eigenvalue weighted by Gasteiger charge is 2.30. The molecule has 1 amide bonds. The zero-order valence-electron chi connectivity index (χ0n) is 18.8. The van der Waals surface area contributed by atoms with E-state index in [2.05, 4.69) is 15.6 Å². The van der Waals surface area contributed by atoms with Gasteiger partial charge >= 0.3 is 0 Å². The van der Waals surface area contributed by atoms with Crippen molar-refractivity contribution in [3.05, 3.63) is 92.3 Å². The largest absolute Gasteiger partial charge is 0.361 e. The van der Waals surface area contributed by atoms with Gasteiger partial charge in [0.15, 0.2) is 5.82 Å². The van der Waals surface area contributed by atoms with Crippen molar-refractivity contribution in [3.63, 3.8) is 0 Å². The second kappa shape index (κ2) is 9.54. The zero-order chi connectivity index (χ0) is 23.5. The quantitative estimate of drug-likeness (QED) is 0.515. The minimum absolute atomic E-state index is 0.147. The topological polar surface area (TPSA) is 102 Å². The van der Waals surface area contributed by atoms with Gasteiger partial charge in [0.2, 0.25) is 5.91 Å². The predicted octanol–water partition coefficient (Wildman–Crippen LogP) is 2.87. The summed E-state index contributed by atoms with van der Waals surface area (Å²) in [5, 5.41) is 5.96. The molecule has 1 aromatic heterocycles. The molecule has 0 fully saturated rings. The van der Waals surface area contributed by atoms with Crippen molar-refractivity contribution in [2.45, 2.75) is 52.4 Å². The standard InChI is InChI=1S/C25H28FN5O2/c1-15-7-18(10-20(26)8-15)12-28-23-25(33)31-21(14-29-23)5-6-22(31)24(32)30-13-19-4-3-17(11-27)9-16(19)2/h3-4,7-10,14,22H,5-6,11-13,27H2,1-2H3,(H,28,29)(H,30,32)/t22-/m0/s1. The Morgan fingerprint density at radius 3 is 2.73 bits per heavy atom. The van der Waals surface area contributed by atoms with E-state index in [1.807, 2.05) is 38.1 Å². The van der Waals surface area contributed by atoms with Crippen LogP contribution in [0.15, 0.2) is 47.4 Å². The minimum atomic E-state index is -0.587. The predicted molar refractivity (Wildman–Crippen MR) is 125 cm³/mol. The highest BCUT2D eigenvalue weighted by atomic mass is 19.1. The Kier molecular flexibility index (Phi) is 6.55. The summed E-state index contributed by atoms with van der Waals surface area (Å²) in [5.74, 6) is -0.375. The molecule has 1 aliphatic rings. The summed E-state index contributed by atoms with van der Waals surface area (Å²) < 4.78 is 15.2. The molecule has 3 aromatic rings. The van der Waals surface area contributed by atoms with Crippen LogP contribution in [0.2, 0.25) is 0 Å². The van der Waals surface area contributed by atoms with Gasteiger partial charge in [0.25, 0.3) is 5.56 Å². The van der Waals surface area contributed by atoms with Crippen LogP contribution in [-0.2, 0) is 30.8 Å². The van der Waals surface area contributed by atoms with E-state index in [0.717, 1.165) is 27.9 Å². The van der Waals surface area contributed by atoms with Crippen molar-refractivity contribution in [2.24, 2.45) is 5.73 Å². The number of amides is 1. The molecule has 7 nitrogen and oxygen atoms in total. The Morgan fingerprint density at radius 1 is 1.18 bits per heavy atom. The van der Waals surface area contributed by atoms with Crippen molar-refractivity contribution in [1.29, 1.82) is 0 Å². The van der Waals surface area contributed by atoms with Gasteiger partial charge in [-0.2, -0.15) is 0 Å². The van der Waals surface area contributed by atoms with Gasteiger partial charge in [0.1, 0.15) is 11.9 Å². The van der Waals surface area contributed by atoms with Crippen LogP contribution in [0.25, 0.3) is 0 Å². The van der Waals surface area contributed by atoms with Crippen LogP contribution in [0, 0.1) is 19.7 Å². The van der Waals surface area contributed by atoms with E-state index in [-0.39, 0.29) is 29.6 Å². The van der Waals surface area contributed by atoms with Gasteiger partial charge < -0.3 is 16.4 Å². The molecule has 2 aromatic carbocycles. The number of nitrogens with zero attached hydrogens (tertiary/aromatic N) is 2. The normalized spacial score (nSPS) is 14.7. The monoisotopic (exact) mass is 449 g/mol. The maximum atomic E-state index is 13.7. The first-order valence-electron chi connectivity index (χ1n) is 11.0. The van der Waals surface area contributed by atoms with Crippen LogP contribution in [0.4, 0.5) is 10.2 Å². The molecule has 172 valence electrons. The Labute approximate surface area is 191 Å². The molecule has 33 heavy (non-hydrogen) atoms. The van der Waals surface area contributed by atoms with Gasteiger partial charge in [-0.25, -0.2) is 9.37 Å². The number of nitrogens with two attached hydrogens (primary N) is 1. The molecule has 0 spiro atoms. The van der Waals surface area contributed by atoms with E-state index >= 15 is 0 Å². The third-order valence-electron chi connectivity index (χ3n) is 6.02. The van der Waals surface area contributed by atoms with Crippen molar-refractivity contribution >= 4 is 11.7 Å². The summed E-state index contributed by atoms with van der Waals surface area (Å²) in [7, 11) is 0. The number of carbonyl (C=O) groups is 1. The molecule has 1 atom stereocenters. The molecule has 4 rings (SSSR count). The lowest BCUT2D eigenvalue weighted by Gasteiger charge is -2.16. The molecule has 2 heterocycles. The first-order valence-corrected chi connectivity index (χ1v) is 11.0. The average Bonchev–Trinajstić information content (AvgIpc) is 3.22. The summed E-state index contributed by atoms with van der Waals surface area (Å²) in [6.07, 6.45) is 2.78. The van der Waals surface area contributed by atoms with Crippen LogP contribution >= 0.6 is 0 Å². The number of hydrogen-bond acceptors (Lipinski definition) is 5. The molecule has 0 saturated heterocycles. The Bertz CT molecular complexity index is 1230. The Balaban J connectivity index is 1.47. The SMILES string of the molecule is Cc1cc(F)cc(CNc2ncc3n(c2=O)[C@H](C(=O)NCc2ccc(CN)cc2C)CC3)c1. The highest BCUT2D eigenvalue weighted by molar-refractivity contribution is 5.81. The van der Waals surface area contributed by atoms with Gasteiger partial charge in [-0.1, -0.05) is 24.3 Å². The number of aromatic nitrogens is 2. The molecule has 0 radical (unpaired) electrons. The summed E-state index contributed by atoms with van der Waals surface area (Å²) in [5.41, 5.74) is 10.7. The smallest absolute Gasteiger partial charge is 0.294 e. The van der Waals surface area contributed by atoms with E-state index in [4.69, 9.17) is 5.73 Å². The lowest BCUT2D eigenvalue weighted by molar-refractivity contribution is -0.124. The molecule has 0 saturated carbocycles. The van der Waals surface area contributed by atoms with E-state index in [1.54, 1.807) is 6.20 Å². The van der Waals surface area contributed by atoms with Crippen LogP contribution in [0.5, 0.6) is 0 Å². The van der Waals surface area contributed by atoms with E-state index in [0.29, 0.717) is 31.5 Å². The summed E-state index contributed by atoms with van der Waals surface area (Å²) in [6, 6.07) is 10.1. The van der Waals surface area contributed by atoms with Crippen LogP contribution in [-0.4, -0.2) is 15.5 Å². The molecule has 0 unspecified atom stereocenters. The lowest BCUT2D eigenvalue weighted by atomic mass is 10.0. The molecule has 1 aliphatic heterocycles. The van der Waals surface area contributed by atoms with E-state index in [9.17, 15) is 14.0 Å². The van der Waals surface area contributed by atoms with Crippen molar-refractivity contribution < 1.29 is 9.18 Å². The fraction of sp³-hybridized carbons (Fsp3) is 0.320. The zero-order valence-corrected chi connectivity index (χ0v) is 18.8. The van der Waals surface area contributed by atoms with Gasteiger partial charge in [0, 0.05) is 31.5 Å². The number of anilines is 1. The summed E-state index contributed by atoms with van der Waals surface area (Å²) in [6.45, 7) is 4.91. The number of carbonyl (C=O) groups excluding carboxylic acids is 1.